The first-order valence-corrected chi connectivity index (χ1v) is 8.12. The van der Waals surface area contributed by atoms with Gasteiger partial charge in [-0.1, -0.05) is 0 Å². The molecule has 7 nitrogen and oxygen atoms in total. The van der Waals surface area contributed by atoms with Gasteiger partial charge in [0.25, 0.3) is 5.91 Å². The number of carbonyl (C=O) groups is 2. The van der Waals surface area contributed by atoms with Gasteiger partial charge in [-0.2, -0.15) is 0 Å². The zero-order valence-corrected chi connectivity index (χ0v) is 14.5. The van der Waals surface area contributed by atoms with Gasteiger partial charge >= 0.3 is 6.03 Å². The molecule has 2 aromatic rings. The highest BCUT2D eigenvalue weighted by Gasteiger charge is 2.28. The van der Waals surface area contributed by atoms with E-state index in [2.05, 4.69) is 10.6 Å². The summed E-state index contributed by atoms with van der Waals surface area (Å²) in [6.45, 7) is 4.05. The molecule has 0 aliphatic carbocycles. The summed E-state index contributed by atoms with van der Waals surface area (Å²) in [4.78, 5) is 25.5. The molecule has 0 saturated heterocycles. The largest absolute Gasteiger partial charge is 0.479 e. The van der Waals surface area contributed by atoms with Crippen LogP contribution in [0.3, 0.4) is 0 Å². The first-order chi connectivity index (χ1) is 11.9. The van der Waals surface area contributed by atoms with Crippen molar-refractivity contribution in [3.63, 3.8) is 0 Å². The van der Waals surface area contributed by atoms with Crippen LogP contribution in [0.25, 0.3) is 0 Å². The van der Waals surface area contributed by atoms with Gasteiger partial charge in [0.05, 0.1) is 5.69 Å². The molecule has 0 bridgehead atoms. The lowest BCUT2D eigenvalue weighted by molar-refractivity contribution is -0.125. The number of ether oxygens (including phenoxy) is 1. The van der Waals surface area contributed by atoms with Gasteiger partial charge in [0.2, 0.25) is 0 Å². The van der Waals surface area contributed by atoms with Crippen LogP contribution in [0.2, 0.25) is 0 Å². The molecule has 7 heteroatoms. The van der Waals surface area contributed by atoms with E-state index in [0.717, 1.165) is 11.5 Å². The zero-order chi connectivity index (χ0) is 18.0. The second-order valence-corrected chi connectivity index (χ2v) is 5.98. The van der Waals surface area contributed by atoms with E-state index in [1.165, 1.54) is 0 Å². The summed E-state index contributed by atoms with van der Waals surface area (Å²) >= 11 is 0. The highest BCUT2D eigenvalue weighted by molar-refractivity contribution is 6.00. The molecule has 132 valence electrons. The Balaban J connectivity index is 1.57. The zero-order valence-electron chi connectivity index (χ0n) is 14.5. The van der Waals surface area contributed by atoms with Crippen molar-refractivity contribution in [3.05, 3.63) is 41.9 Å². The van der Waals surface area contributed by atoms with Gasteiger partial charge < -0.3 is 24.7 Å². The Bertz CT molecular complexity index is 799. The molecule has 0 fully saturated rings. The predicted octanol–water partition coefficient (Wildman–Crippen LogP) is 2.70. The number of amides is 3. The van der Waals surface area contributed by atoms with E-state index in [4.69, 9.17) is 9.15 Å². The molecule has 1 aromatic heterocycles. The maximum atomic E-state index is 12.0. The third-order valence-electron chi connectivity index (χ3n) is 4.01. The summed E-state index contributed by atoms with van der Waals surface area (Å²) in [5, 5.41) is 5.54. The molecule has 2 heterocycles. The standard InChI is InChI=1S/C18H21N3O4/c1-11-4-6-14(24-11)8-9-19-18(23)20-13-5-7-15-16(10-13)25-12(2)17(22)21(15)3/h4-7,10,12H,8-9H2,1-3H3,(H2,19,20,23). The molecular weight excluding hydrogens is 322 g/mol. The summed E-state index contributed by atoms with van der Waals surface area (Å²) in [6.07, 6.45) is 0.0808. The van der Waals surface area contributed by atoms with Crippen molar-refractivity contribution in [1.29, 1.82) is 0 Å². The Kier molecular flexibility index (Phi) is 4.65. The highest BCUT2D eigenvalue weighted by Crippen LogP contribution is 2.35. The minimum Gasteiger partial charge on any atom is -0.479 e. The van der Waals surface area contributed by atoms with Gasteiger partial charge in [-0.3, -0.25) is 4.79 Å². The van der Waals surface area contributed by atoms with Crippen molar-refractivity contribution in [1.82, 2.24) is 5.32 Å². The fourth-order valence-corrected chi connectivity index (χ4v) is 2.69. The number of nitrogens with zero attached hydrogens (tertiary/aromatic N) is 1. The third kappa shape index (κ3) is 3.76. The number of anilines is 2. The number of furan rings is 1. The Morgan fingerprint density at radius 3 is 2.80 bits per heavy atom. The molecule has 1 aliphatic heterocycles. The highest BCUT2D eigenvalue weighted by atomic mass is 16.5. The topological polar surface area (TPSA) is 83.8 Å². The quantitative estimate of drug-likeness (QED) is 0.894. The minimum absolute atomic E-state index is 0.0980. The molecule has 0 saturated carbocycles. The lowest BCUT2D eigenvalue weighted by atomic mass is 10.2. The van der Waals surface area contributed by atoms with Crippen molar-refractivity contribution < 1.29 is 18.7 Å². The van der Waals surface area contributed by atoms with Crippen LogP contribution < -0.4 is 20.3 Å². The van der Waals surface area contributed by atoms with E-state index in [1.807, 2.05) is 19.1 Å². The van der Waals surface area contributed by atoms with Crippen LogP contribution in [0.4, 0.5) is 16.2 Å². The van der Waals surface area contributed by atoms with Crippen molar-refractivity contribution in [3.8, 4) is 5.75 Å². The van der Waals surface area contributed by atoms with Crippen LogP contribution in [0.1, 0.15) is 18.4 Å². The molecule has 25 heavy (non-hydrogen) atoms. The maximum absolute atomic E-state index is 12.0. The molecule has 0 spiro atoms. The van der Waals surface area contributed by atoms with E-state index < -0.39 is 6.10 Å². The first kappa shape index (κ1) is 16.9. The number of rotatable bonds is 4. The van der Waals surface area contributed by atoms with Crippen molar-refractivity contribution >= 4 is 23.3 Å². The Morgan fingerprint density at radius 2 is 2.08 bits per heavy atom. The normalized spacial score (nSPS) is 16.2. The summed E-state index contributed by atoms with van der Waals surface area (Å²) in [5.74, 6) is 2.16. The number of likely N-dealkylation sites (N-methyl/N-ethyl adjacent to an activating group) is 1. The summed E-state index contributed by atoms with van der Waals surface area (Å²) in [5.41, 5.74) is 1.28. The minimum atomic E-state index is -0.543. The predicted molar refractivity (Wildman–Crippen MR) is 94.1 cm³/mol. The summed E-state index contributed by atoms with van der Waals surface area (Å²) in [6, 6.07) is 8.68. The monoisotopic (exact) mass is 343 g/mol. The number of carbonyl (C=O) groups excluding carboxylic acids is 2. The Labute approximate surface area is 145 Å². The van der Waals surface area contributed by atoms with Gasteiger partial charge in [-0.25, -0.2) is 4.79 Å². The third-order valence-corrected chi connectivity index (χ3v) is 4.01. The van der Waals surface area contributed by atoms with Gasteiger partial charge in [-0.05, 0) is 38.1 Å². The van der Waals surface area contributed by atoms with Crippen molar-refractivity contribution in [2.75, 3.05) is 23.8 Å². The van der Waals surface area contributed by atoms with Gasteiger partial charge in [0.1, 0.15) is 17.3 Å². The Morgan fingerprint density at radius 1 is 1.28 bits per heavy atom. The molecule has 2 N–H and O–H groups in total. The number of nitrogens with one attached hydrogen (secondary N) is 2. The van der Waals surface area contributed by atoms with E-state index in [-0.39, 0.29) is 11.9 Å². The number of benzene rings is 1. The smallest absolute Gasteiger partial charge is 0.319 e. The van der Waals surface area contributed by atoms with Crippen LogP contribution in [-0.4, -0.2) is 31.6 Å². The Hall–Kier alpha value is -2.96. The molecule has 1 atom stereocenters. The van der Waals surface area contributed by atoms with Crippen LogP contribution in [-0.2, 0) is 11.2 Å². The fraction of sp³-hybridized carbons (Fsp3) is 0.333. The number of hydrogen-bond donors (Lipinski definition) is 2. The molecule has 1 unspecified atom stereocenters. The molecular formula is C18H21N3O4. The number of urea groups is 1. The first-order valence-electron chi connectivity index (χ1n) is 8.12. The number of aryl methyl sites for hydroxylation is 1. The maximum Gasteiger partial charge on any atom is 0.319 e. The van der Waals surface area contributed by atoms with E-state index in [9.17, 15) is 9.59 Å². The second kappa shape index (κ2) is 6.88. The molecule has 3 rings (SSSR count). The number of hydrogen-bond acceptors (Lipinski definition) is 4. The van der Waals surface area contributed by atoms with Crippen LogP contribution in [0, 0.1) is 6.92 Å². The molecule has 1 aromatic carbocycles. The van der Waals surface area contributed by atoms with E-state index in [0.29, 0.717) is 30.1 Å². The second-order valence-electron chi connectivity index (χ2n) is 5.98. The van der Waals surface area contributed by atoms with Gasteiger partial charge in [-0.15, -0.1) is 0 Å². The average molecular weight is 343 g/mol. The van der Waals surface area contributed by atoms with Gasteiger partial charge in [0.15, 0.2) is 6.10 Å². The summed E-state index contributed by atoms with van der Waals surface area (Å²) in [7, 11) is 1.70. The molecule has 0 radical (unpaired) electrons. The van der Waals surface area contributed by atoms with Crippen LogP contribution in [0.15, 0.2) is 34.7 Å². The number of fused-ring (bicyclic) bond motifs is 1. The molecule has 1 aliphatic rings. The lowest BCUT2D eigenvalue weighted by Crippen LogP contribution is -2.42. The average Bonchev–Trinajstić information content (AvgIpc) is 2.98. The van der Waals surface area contributed by atoms with Crippen LogP contribution in [0.5, 0.6) is 5.75 Å². The van der Waals surface area contributed by atoms with E-state index >= 15 is 0 Å². The van der Waals surface area contributed by atoms with Crippen molar-refractivity contribution in [2.24, 2.45) is 0 Å². The fourth-order valence-electron chi connectivity index (χ4n) is 2.69. The summed E-state index contributed by atoms with van der Waals surface area (Å²) < 4.78 is 11.1. The van der Waals surface area contributed by atoms with Crippen molar-refractivity contribution in [2.45, 2.75) is 26.4 Å². The van der Waals surface area contributed by atoms with Crippen LogP contribution >= 0.6 is 0 Å². The SMILES string of the molecule is Cc1ccc(CCNC(=O)Nc2ccc3c(c2)OC(C)C(=O)N3C)o1. The lowest BCUT2D eigenvalue weighted by Gasteiger charge is -2.30. The van der Waals surface area contributed by atoms with Gasteiger partial charge in [0, 0.05) is 31.8 Å². The van der Waals surface area contributed by atoms with E-state index in [1.54, 1.807) is 37.1 Å². The molecule has 3 amide bonds.